The zero-order valence-corrected chi connectivity index (χ0v) is 13.1. The number of carbonyl (C=O) groups excluding carboxylic acids is 1. The summed E-state index contributed by atoms with van der Waals surface area (Å²) < 4.78 is 1.01. The van der Waals surface area contributed by atoms with Crippen molar-refractivity contribution in [3.05, 3.63) is 28.2 Å². The molecule has 0 radical (unpaired) electrons. The Kier molecular flexibility index (Phi) is 4.23. The third-order valence-electron chi connectivity index (χ3n) is 4.11. The lowest BCUT2D eigenvalue weighted by atomic mass is 9.97. The Labute approximate surface area is 128 Å². The minimum absolute atomic E-state index is 0. The SMILES string of the molecule is Cl.NC1(C(=O)N2CCc3ccc(Br)cc32)CCCC1. The maximum atomic E-state index is 12.6. The van der Waals surface area contributed by atoms with Gasteiger partial charge < -0.3 is 10.6 Å². The van der Waals surface area contributed by atoms with Crippen LogP contribution in [0.4, 0.5) is 5.69 Å². The van der Waals surface area contributed by atoms with Crippen LogP contribution in [0, 0.1) is 0 Å². The van der Waals surface area contributed by atoms with Gasteiger partial charge in [-0.2, -0.15) is 0 Å². The van der Waals surface area contributed by atoms with Gasteiger partial charge in [0.25, 0.3) is 0 Å². The predicted octanol–water partition coefficient (Wildman–Crippen LogP) is 3.03. The lowest BCUT2D eigenvalue weighted by molar-refractivity contribution is -0.123. The molecular formula is C14H18BrClN2O. The summed E-state index contributed by atoms with van der Waals surface area (Å²) in [6, 6.07) is 6.14. The molecule has 104 valence electrons. The lowest BCUT2D eigenvalue weighted by Crippen LogP contribution is -2.53. The first-order valence-corrected chi connectivity index (χ1v) is 7.29. The molecule has 1 aliphatic heterocycles. The first-order chi connectivity index (χ1) is 8.60. The summed E-state index contributed by atoms with van der Waals surface area (Å²) in [5.41, 5.74) is 7.93. The minimum Gasteiger partial charge on any atom is -0.317 e. The highest BCUT2D eigenvalue weighted by molar-refractivity contribution is 9.10. The fourth-order valence-electron chi connectivity index (χ4n) is 3.05. The Balaban J connectivity index is 0.00000133. The van der Waals surface area contributed by atoms with Crippen LogP contribution in [0.3, 0.4) is 0 Å². The summed E-state index contributed by atoms with van der Waals surface area (Å²) in [5.74, 6) is 0.108. The molecule has 0 saturated heterocycles. The van der Waals surface area contributed by atoms with Crippen molar-refractivity contribution in [1.29, 1.82) is 0 Å². The molecule has 0 atom stereocenters. The van der Waals surface area contributed by atoms with Crippen molar-refractivity contribution in [3.63, 3.8) is 0 Å². The van der Waals surface area contributed by atoms with Crippen LogP contribution in [0.25, 0.3) is 0 Å². The molecule has 1 aromatic rings. The summed E-state index contributed by atoms with van der Waals surface area (Å²) in [4.78, 5) is 14.5. The quantitative estimate of drug-likeness (QED) is 0.850. The molecule has 3 nitrogen and oxygen atoms in total. The van der Waals surface area contributed by atoms with Crippen LogP contribution in [0.5, 0.6) is 0 Å². The summed E-state index contributed by atoms with van der Waals surface area (Å²) >= 11 is 3.47. The molecule has 19 heavy (non-hydrogen) atoms. The van der Waals surface area contributed by atoms with Gasteiger partial charge >= 0.3 is 0 Å². The summed E-state index contributed by atoms with van der Waals surface area (Å²) in [7, 11) is 0. The molecule has 2 aliphatic rings. The average Bonchev–Trinajstić information content (AvgIpc) is 2.95. The van der Waals surface area contributed by atoms with Gasteiger partial charge in [-0.15, -0.1) is 12.4 Å². The predicted molar refractivity (Wildman–Crippen MR) is 82.8 cm³/mol. The fraction of sp³-hybridized carbons (Fsp3) is 0.500. The van der Waals surface area contributed by atoms with Crippen molar-refractivity contribution in [2.24, 2.45) is 5.73 Å². The summed E-state index contributed by atoms with van der Waals surface area (Å²) in [6.45, 7) is 0.767. The highest BCUT2D eigenvalue weighted by Crippen LogP contribution is 2.36. The number of carbonyl (C=O) groups is 1. The standard InChI is InChI=1S/C14H17BrN2O.ClH/c15-11-4-3-10-5-8-17(12(10)9-11)13(18)14(16)6-1-2-7-14;/h3-4,9H,1-2,5-8,16H2;1H. The number of hydrogen-bond donors (Lipinski definition) is 1. The van der Waals surface area contributed by atoms with Crippen molar-refractivity contribution in [1.82, 2.24) is 0 Å². The van der Waals surface area contributed by atoms with Gasteiger partial charge in [0.2, 0.25) is 5.91 Å². The van der Waals surface area contributed by atoms with Gasteiger partial charge in [0.05, 0.1) is 5.54 Å². The molecule has 1 aliphatic carbocycles. The zero-order valence-electron chi connectivity index (χ0n) is 10.7. The molecule has 5 heteroatoms. The highest BCUT2D eigenvalue weighted by Gasteiger charge is 2.41. The Hall–Kier alpha value is -0.580. The molecule has 0 spiro atoms. The van der Waals surface area contributed by atoms with E-state index in [1.807, 2.05) is 17.0 Å². The number of nitrogens with two attached hydrogens (primary N) is 1. The number of halogens is 2. The van der Waals surface area contributed by atoms with Crippen LogP contribution in [0.15, 0.2) is 22.7 Å². The second-order valence-electron chi connectivity index (χ2n) is 5.34. The van der Waals surface area contributed by atoms with E-state index in [-0.39, 0.29) is 18.3 Å². The van der Waals surface area contributed by atoms with Gasteiger partial charge in [-0.05, 0) is 37.0 Å². The van der Waals surface area contributed by atoms with E-state index in [4.69, 9.17) is 5.73 Å². The smallest absolute Gasteiger partial charge is 0.247 e. The van der Waals surface area contributed by atoms with Crippen molar-refractivity contribution in [2.45, 2.75) is 37.6 Å². The average molecular weight is 346 g/mol. The van der Waals surface area contributed by atoms with Gasteiger partial charge in [-0.3, -0.25) is 4.79 Å². The third-order valence-corrected chi connectivity index (χ3v) is 4.60. The first-order valence-electron chi connectivity index (χ1n) is 6.49. The van der Waals surface area contributed by atoms with E-state index in [0.717, 1.165) is 48.8 Å². The van der Waals surface area contributed by atoms with Crippen LogP contribution in [0.1, 0.15) is 31.2 Å². The number of amides is 1. The van der Waals surface area contributed by atoms with Gasteiger partial charge in [0.15, 0.2) is 0 Å². The summed E-state index contributed by atoms with van der Waals surface area (Å²) in [5, 5.41) is 0. The lowest BCUT2D eigenvalue weighted by Gasteiger charge is -2.29. The molecule has 1 amide bonds. The van der Waals surface area contributed by atoms with Crippen LogP contribution >= 0.6 is 28.3 Å². The maximum Gasteiger partial charge on any atom is 0.247 e. The number of benzene rings is 1. The largest absolute Gasteiger partial charge is 0.317 e. The van der Waals surface area contributed by atoms with Crippen molar-refractivity contribution in [3.8, 4) is 0 Å². The number of fused-ring (bicyclic) bond motifs is 1. The van der Waals surface area contributed by atoms with Gasteiger partial charge in [0, 0.05) is 16.7 Å². The molecule has 1 aromatic carbocycles. The van der Waals surface area contributed by atoms with E-state index in [0.29, 0.717) is 0 Å². The number of anilines is 1. The van der Waals surface area contributed by atoms with E-state index >= 15 is 0 Å². The third kappa shape index (κ3) is 2.54. The molecule has 0 aromatic heterocycles. The van der Waals surface area contributed by atoms with E-state index < -0.39 is 5.54 Å². The number of nitrogens with zero attached hydrogens (tertiary/aromatic N) is 1. The normalized spacial score (nSPS) is 20.0. The highest BCUT2D eigenvalue weighted by atomic mass is 79.9. The van der Waals surface area contributed by atoms with E-state index in [1.54, 1.807) is 0 Å². The number of hydrogen-bond acceptors (Lipinski definition) is 2. The second kappa shape index (κ2) is 5.43. The molecule has 1 saturated carbocycles. The minimum atomic E-state index is -0.621. The molecule has 1 fully saturated rings. The van der Waals surface area contributed by atoms with Crippen LogP contribution < -0.4 is 10.6 Å². The Morgan fingerprint density at radius 1 is 1.32 bits per heavy atom. The van der Waals surface area contributed by atoms with Crippen molar-refractivity contribution < 1.29 is 4.79 Å². The van der Waals surface area contributed by atoms with E-state index in [9.17, 15) is 4.79 Å². The van der Waals surface area contributed by atoms with Crippen molar-refractivity contribution in [2.75, 3.05) is 11.4 Å². The fourth-order valence-corrected chi connectivity index (χ4v) is 3.40. The Morgan fingerprint density at radius 2 is 2.00 bits per heavy atom. The Bertz CT molecular complexity index is 500. The zero-order chi connectivity index (χ0) is 12.8. The molecule has 0 unspecified atom stereocenters. The van der Waals surface area contributed by atoms with Crippen LogP contribution in [0.2, 0.25) is 0 Å². The van der Waals surface area contributed by atoms with E-state index in [1.165, 1.54) is 5.56 Å². The van der Waals surface area contributed by atoms with Gasteiger partial charge in [-0.25, -0.2) is 0 Å². The van der Waals surface area contributed by atoms with Gasteiger partial charge in [0.1, 0.15) is 0 Å². The maximum absolute atomic E-state index is 12.6. The van der Waals surface area contributed by atoms with Crippen molar-refractivity contribution >= 4 is 39.9 Å². The van der Waals surface area contributed by atoms with Crippen LogP contribution in [-0.2, 0) is 11.2 Å². The first kappa shape index (κ1) is 14.8. The molecule has 2 N–H and O–H groups in total. The molecule has 3 rings (SSSR count). The molecule has 1 heterocycles. The van der Waals surface area contributed by atoms with Crippen LogP contribution in [-0.4, -0.2) is 18.0 Å². The van der Waals surface area contributed by atoms with Gasteiger partial charge in [-0.1, -0.05) is 34.8 Å². The Morgan fingerprint density at radius 3 is 2.68 bits per heavy atom. The number of rotatable bonds is 1. The molecule has 0 bridgehead atoms. The molecular weight excluding hydrogens is 328 g/mol. The summed E-state index contributed by atoms with van der Waals surface area (Å²) in [6.07, 6.45) is 4.73. The monoisotopic (exact) mass is 344 g/mol. The van der Waals surface area contributed by atoms with E-state index in [2.05, 4.69) is 22.0 Å². The topological polar surface area (TPSA) is 46.3 Å². The second-order valence-corrected chi connectivity index (χ2v) is 6.26.